The van der Waals surface area contributed by atoms with Crippen molar-refractivity contribution in [2.45, 2.75) is 45.6 Å². The van der Waals surface area contributed by atoms with Gasteiger partial charge in [0.2, 0.25) is 0 Å². The minimum atomic E-state index is -4.13. The lowest BCUT2D eigenvalue weighted by atomic mass is 9.97. The number of hydrogen-bond donors (Lipinski definition) is 1. The average molecular weight is 269 g/mol. The van der Waals surface area contributed by atoms with Gasteiger partial charge in [0.1, 0.15) is 6.61 Å². The van der Waals surface area contributed by atoms with Crippen LogP contribution in [-0.4, -0.2) is 31.6 Å². The Hall–Kier alpha value is -0.800. The number of halogens is 4. The van der Waals surface area contributed by atoms with E-state index in [2.05, 4.69) is 16.6 Å². The van der Waals surface area contributed by atoms with Crippen LogP contribution in [0, 0.1) is 17.3 Å². The van der Waals surface area contributed by atoms with Crippen molar-refractivity contribution in [2.75, 3.05) is 13.2 Å². The van der Waals surface area contributed by atoms with Gasteiger partial charge in [0.25, 0.3) is 0 Å². The first-order chi connectivity index (χ1) is 8.04. The van der Waals surface area contributed by atoms with E-state index in [4.69, 9.17) is 5.73 Å². The van der Waals surface area contributed by atoms with E-state index in [-0.39, 0.29) is 18.4 Å². The summed E-state index contributed by atoms with van der Waals surface area (Å²) in [5, 5.41) is 0. The molecule has 18 heavy (non-hydrogen) atoms. The lowest BCUT2D eigenvalue weighted by molar-refractivity contribution is -0.166. The Bertz CT molecular complexity index is 301. The van der Waals surface area contributed by atoms with Crippen LogP contribution in [0.15, 0.2) is 0 Å². The zero-order valence-electron chi connectivity index (χ0n) is 10.8. The molecular weight excluding hydrogens is 250 g/mol. The van der Waals surface area contributed by atoms with Gasteiger partial charge in [-0.25, -0.2) is 8.78 Å². The van der Waals surface area contributed by atoms with Crippen molar-refractivity contribution in [3.8, 4) is 11.8 Å². The number of rotatable bonds is 6. The molecular formula is C12H19F4NO. The van der Waals surface area contributed by atoms with Gasteiger partial charge in [-0.3, -0.25) is 0 Å². The summed E-state index contributed by atoms with van der Waals surface area (Å²) in [7, 11) is 0. The molecule has 0 bridgehead atoms. The van der Waals surface area contributed by atoms with E-state index in [0.717, 1.165) is 0 Å². The van der Waals surface area contributed by atoms with E-state index in [9.17, 15) is 17.6 Å². The van der Waals surface area contributed by atoms with Crippen molar-refractivity contribution in [1.29, 1.82) is 0 Å². The van der Waals surface area contributed by atoms with Crippen LogP contribution in [0.3, 0.4) is 0 Å². The Balaban J connectivity index is 3.91. The largest absolute Gasteiger partial charge is 0.373 e. The highest BCUT2D eigenvalue weighted by Crippen LogP contribution is 2.22. The molecule has 1 atom stereocenters. The second kappa shape index (κ2) is 6.95. The minimum Gasteiger partial charge on any atom is -0.373 e. The summed E-state index contributed by atoms with van der Waals surface area (Å²) in [6, 6.07) is -0.562. The van der Waals surface area contributed by atoms with E-state index in [0.29, 0.717) is 0 Å². The Kier molecular flexibility index (Phi) is 6.64. The molecule has 0 aliphatic carbocycles. The number of hydrogen-bond acceptors (Lipinski definition) is 2. The van der Waals surface area contributed by atoms with Crippen LogP contribution in [0.2, 0.25) is 0 Å². The minimum absolute atomic E-state index is 0.163. The lowest BCUT2D eigenvalue weighted by Crippen LogP contribution is -2.35. The topological polar surface area (TPSA) is 35.2 Å². The summed E-state index contributed by atoms with van der Waals surface area (Å²) in [4.78, 5) is 0. The Morgan fingerprint density at radius 2 is 1.78 bits per heavy atom. The highest BCUT2D eigenvalue weighted by atomic mass is 19.3. The van der Waals surface area contributed by atoms with Crippen LogP contribution in [0.25, 0.3) is 0 Å². The normalized spacial score (nSPS) is 14.3. The summed E-state index contributed by atoms with van der Waals surface area (Å²) < 4.78 is 53.0. The van der Waals surface area contributed by atoms with Crippen LogP contribution >= 0.6 is 0 Å². The fourth-order valence-electron chi connectivity index (χ4n) is 0.916. The standard InChI is InChI=1S/C12H19F4NO/c1-11(2,3)6-4-5-9(17)7-18-8-12(15,16)10(13)14/h9-10H,5,7-8,17H2,1-3H3. The van der Waals surface area contributed by atoms with Gasteiger partial charge in [0.05, 0.1) is 6.61 Å². The zero-order chi connectivity index (χ0) is 14.4. The summed E-state index contributed by atoms with van der Waals surface area (Å²) >= 11 is 0. The second-order valence-electron chi connectivity index (χ2n) is 5.09. The number of nitrogens with two attached hydrogens (primary N) is 1. The van der Waals surface area contributed by atoms with Crippen molar-refractivity contribution >= 4 is 0 Å². The van der Waals surface area contributed by atoms with E-state index in [1.807, 2.05) is 20.8 Å². The van der Waals surface area contributed by atoms with Gasteiger partial charge in [-0.2, -0.15) is 8.78 Å². The molecule has 0 aliphatic rings. The first kappa shape index (κ1) is 17.2. The molecule has 0 saturated heterocycles. The molecule has 0 amide bonds. The fourth-order valence-corrected chi connectivity index (χ4v) is 0.916. The van der Waals surface area contributed by atoms with Gasteiger partial charge >= 0.3 is 12.3 Å². The Morgan fingerprint density at radius 3 is 2.22 bits per heavy atom. The third kappa shape index (κ3) is 8.31. The predicted molar refractivity (Wildman–Crippen MR) is 61.6 cm³/mol. The van der Waals surface area contributed by atoms with Crippen molar-refractivity contribution in [2.24, 2.45) is 11.1 Å². The van der Waals surface area contributed by atoms with E-state index < -0.39 is 25.0 Å². The molecule has 0 fully saturated rings. The van der Waals surface area contributed by atoms with Crippen LogP contribution in [0.1, 0.15) is 27.2 Å². The molecule has 0 aliphatic heterocycles. The van der Waals surface area contributed by atoms with Gasteiger partial charge in [-0.05, 0) is 20.8 Å². The molecule has 0 aromatic carbocycles. The summed E-state index contributed by atoms with van der Waals surface area (Å²) in [6.45, 7) is 4.22. The molecule has 6 heteroatoms. The first-order valence-corrected chi connectivity index (χ1v) is 5.54. The number of alkyl halides is 4. The van der Waals surface area contributed by atoms with Gasteiger partial charge in [0, 0.05) is 17.9 Å². The fraction of sp³-hybridized carbons (Fsp3) is 0.833. The average Bonchev–Trinajstić information content (AvgIpc) is 2.14. The van der Waals surface area contributed by atoms with E-state index >= 15 is 0 Å². The highest BCUT2D eigenvalue weighted by molar-refractivity contribution is 5.08. The number of ether oxygens (including phenoxy) is 1. The maximum absolute atomic E-state index is 12.5. The highest BCUT2D eigenvalue weighted by Gasteiger charge is 2.40. The lowest BCUT2D eigenvalue weighted by Gasteiger charge is -2.16. The van der Waals surface area contributed by atoms with Crippen LogP contribution in [0.5, 0.6) is 0 Å². The second-order valence-corrected chi connectivity index (χ2v) is 5.09. The Labute approximate surface area is 105 Å². The maximum atomic E-state index is 12.5. The molecule has 0 heterocycles. The van der Waals surface area contributed by atoms with Gasteiger partial charge in [-0.15, -0.1) is 5.92 Å². The van der Waals surface area contributed by atoms with Crippen molar-refractivity contribution < 1.29 is 22.3 Å². The summed E-state index contributed by atoms with van der Waals surface area (Å²) in [6.07, 6.45) is -3.45. The van der Waals surface area contributed by atoms with E-state index in [1.54, 1.807) is 0 Å². The van der Waals surface area contributed by atoms with Crippen LogP contribution < -0.4 is 5.73 Å². The zero-order valence-corrected chi connectivity index (χ0v) is 10.8. The summed E-state index contributed by atoms with van der Waals surface area (Å²) in [5.74, 6) is 1.60. The maximum Gasteiger partial charge on any atom is 0.330 e. The molecule has 106 valence electrons. The Morgan fingerprint density at radius 1 is 1.22 bits per heavy atom. The summed E-state index contributed by atoms with van der Waals surface area (Å²) in [5.41, 5.74) is 5.39. The molecule has 0 aromatic rings. The monoisotopic (exact) mass is 269 g/mol. The molecule has 0 rings (SSSR count). The third-order valence-corrected chi connectivity index (χ3v) is 1.77. The van der Waals surface area contributed by atoms with Crippen molar-refractivity contribution in [3.63, 3.8) is 0 Å². The molecule has 2 nitrogen and oxygen atoms in total. The molecule has 2 N–H and O–H groups in total. The van der Waals surface area contributed by atoms with Crippen LogP contribution in [-0.2, 0) is 4.74 Å². The quantitative estimate of drug-likeness (QED) is 0.594. The van der Waals surface area contributed by atoms with E-state index in [1.165, 1.54) is 0 Å². The molecule has 1 unspecified atom stereocenters. The molecule has 0 spiro atoms. The first-order valence-electron chi connectivity index (χ1n) is 5.54. The van der Waals surface area contributed by atoms with Crippen molar-refractivity contribution in [3.05, 3.63) is 0 Å². The van der Waals surface area contributed by atoms with Gasteiger partial charge < -0.3 is 10.5 Å². The molecule has 0 aromatic heterocycles. The molecule has 0 radical (unpaired) electrons. The van der Waals surface area contributed by atoms with Crippen LogP contribution in [0.4, 0.5) is 17.6 Å². The third-order valence-electron chi connectivity index (χ3n) is 1.77. The van der Waals surface area contributed by atoms with Gasteiger partial charge in [-0.1, -0.05) is 5.92 Å². The predicted octanol–water partition coefficient (Wildman–Crippen LogP) is 2.67. The SMILES string of the molecule is CC(C)(C)C#CCC(N)COCC(F)(F)C(F)F. The van der Waals surface area contributed by atoms with Crippen molar-refractivity contribution in [1.82, 2.24) is 0 Å². The van der Waals surface area contributed by atoms with Gasteiger partial charge in [0.15, 0.2) is 0 Å². The molecule has 0 saturated carbocycles. The smallest absolute Gasteiger partial charge is 0.330 e.